The molecule has 0 aromatic heterocycles. The molecule has 1 aliphatic heterocycles. The van der Waals surface area contributed by atoms with Crippen molar-refractivity contribution in [3.05, 3.63) is 47.5 Å². The lowest BCUT2D eigenvalue weighted by Gasteiger charge is -2.38. The maximum atomic E-state index is 13.5. The molecule has 1 saturated heterocycles. The van der Waals surface area contributed by atoms with E-state index in [0.29, 0.717) is 12.8 Å². The van der Waals surface area contributed by atoms with Crippen LogP contribution in [0.25, 0.3) is 0 Å². The number of aryl methyl sites for hydroxylation is 2. The summed E-state index contributed by atoms with van der Waals surface area (Å²) in [6, 6.07) is 9.68. The molecule has 0 radical (unpaired) electrons. The summed E-state index contributed by atoms with van der Waals surface area (Å²) < 4.78 is 67.2. The first-order valence-corrected chi connectivity index (χ1v) is 13.8. The Kier molecular flexibility index (Phi) is 7.73. The lowest BCUT2D eigenvalue weighted by molar-refractivity contribution is 0.212. The first kappa shape index (κ1) is 25.5. The molecule has 1 aliphatic rings. The van der Waals surface area contributed by atoms with Crippen LogP contribution < -0.4 is 9.47 Å². The van der Waals surface area contributed by atoms with Gasteiger partial charge >= 0.3 is 0 Å². The molecule has 1 heterocycles. The fourth-order valence-electron chi connectivity index (χ4n) is 4.03. The van der Waals surface area contributed by atoms with Crippen molar-refractivity contribution in [1.29, 1.82) is 0 Å². The van der Waals surface area contributed by atoms with Gasteiger partial charge in [0.2, 0.25) is 20.0 Å². The Morgan fingerprint density at radius 3 is 1.73 bits per heavy atom. The fourth-order valence-corrected chi connectivity index (χ4v) is 7.57. The minimum absolute atomic E-state index is 0.0385. The monoisotopic (exact) mass is 496 g/mol. The van der Waals surface area contributed by atoms with E-state index in [4.69, 9.17) is 9.47 Å². The molecule has 0 saturated carbocycles. The average molecular weight is 497 g/mol. The van der Waals surface area contributed by atoms with Crippen molar-refractivity contribution in [2.45, 2.75) is 49.4 Å². The number of methoxy groups -OCH3 is 2. The number of nitrogens with zero attached hydrogens (tertiary/aromatic N) is 2. The number of ether oxygens (including phenoxy) is 2. The molecule has 2 aromatic carbocycles. The second-order valence-electron chi connectivity index (χ2n) is 8.01. The molecule has 33 heavy (non-hydrogen) atoms. The van der Waals surface area contributed by atoms with Crippen molar-refractivity contribution < 1.29 is 26.3 Å². The first-order chi connectivity index (χ1) is 15.6. The Hall–Kier alpha value is -2.14. The van der Waals surface area contributed by atoms with Gasteiger partial charge < -0.3 is 9.47 Å². The van der Waals surface area contributed by atoms with Crippen molar-refractivity contribution in [1.82, 2.24) is 8.61 Å². The lowest BCUT2D eigenvalue weighted by Crippen LogP contribution is -2.55. The molecule has 2 aromatic rings. The third kappa shape index (κ3) is 4.89. The summed E-state index contributed by atoms with van der Waals surface area (Å²) in [5.74, 6) is 0.548. The predicted molar refractivity (Wildman–Crippen MR) is 127 cm³/mol. The number of rotatable bonds is 8. The molecular formula is C23H32N2O6S2. The number of hydrogen-bond acceptors (Lipinski definition) is 6. The van der Waals surface area contributed by atoms with Crippen molar-refractivity contribution in [3.63, 3.8) is 0 Å². The van der Waals surface area contributed by atoms with Crippen LogP contribution in [0.15, 0.2) is 46.2 Å². The zero-order valence-corrected chi connectivity index (χ0v) is 21.4. The molecular weight excluding hydrogens is 464 g/mol. The van der Waals surface area contributed by atoms with Gasteiger partial charge in [0.25, 0.3) is 0 Å². The topological polar surface area (TPSA) is 93.2 Å². The van der Waals surface area contributed by atoms with Gasteiger partial charge in [-0.15, -0.1) is 0 Å². The van der Waals surface area contributed by atoms with E-state index in [9.17, 15) is 16.8 Å². The van der Waals surface area contributed by atoms with Gasteiger partial charge in [0.15, 0.2) is 0 Å². The van der Waals surface area contributed by atoms with Gasteiger partial charge in [0, 0.05) is 25.7 Å². The normalized spacial score (nSPS) is 18.3. The van der Waals surface area contributed by atoms with Crippen molar-refractivity contribution in [2.75, 3.05) is 33.9 Å². The predicted octanol–water partition coefficient (Wildman–Crippen LogP) is 2.91. The highest BCUT2D eigenvalue weighted by molar-refractivity contribution is 7.89. The Balaban J connectivity index is 1.91. The lowest BCUT2D eigenvalue weighted by atomic mass is 10.2. The van der Waals surface area contributed by atoms with Gasteiger partial charge in [-0.3, -0.25) is 0 Å². The van der Waals surface area contributed by atoms with Crippen molar-refractivity contribution in [3.8, 4) is 11.5 Å². The van der Waals surface area contributed by atoms with E-state index in [0.717, 1.165) is 11.1 Å². The van der Waals surface area contributed by atoms with Crippen LogP contribution in [0.3, 0.4) is 0 Å². The van der Waals surface area contributed by atoms with E-state index in [1.54, 1.807) is 31.2 Å². The average Bonchev–Trinajstić information content (AvgIpc) is 2.82. The summed E-state index contributed by atoms with van der Waals surface area (Å²) in [4.78, 5) is 0.204. The molecule has 8 nitrogen and oxygen atoms in total. The molecule has 0 spiro atoms. The van der Waals surface area contributed by atoms with Crippen LogP contribution in [0, 0.1) is 0 Å². The number of benzene rings is 2. The van der Waals surface area contributed by atoms with Crippen LogP contribution in [0.2, 0.25) is 0 Å². The van der Waals surface area contributed by atoms with E-state index in [-0.39, 0.29) is 40.9 Å². The molecule has 1 fully saturated rings. The first-order valence-electron chi connectivity index (χ1n) is 11.0. The van der Waals surface area contributed by atoms with Gasteiger partial charge in [-0.1, -0.05) is 26.0 Å². The van der Waals surface area contributed by atoms with Crippen LogP contribution in [0.4, 0.5) is 0 Å². The largest absolute Gasteiger partial charge is 0.495 e. The summed E-state index contributed by atoms with van der Waals surface area (Å²) in [6.45, 7) is 5.74. The second kappa shape index (κ2) is 10.0. The molecule has 0 amide bonds. The SMILES string of the molecule is CCc1ccc(OC)c(S(=O)(=O)N2CCN(S(=O)(=O)c3cc(CC)ccc3OC)C(C)C2)c1. The maximum Gasteiger partial charge on any atom is 0.247 e. The number of hydrogen-bond donors (Lipinski definition) is 0. The van der Waals surface area contributed by atoms with Crippen LogP contribution in [0.1, 0.15) is 31.9 Å². The van der Waals surface area contributed by atoms with Crippen molar-refractivity contribution >= 4 is 20.0 Å². The minimum Gasteiger partial charge on any atom is -0.495 e. The van der Waals surface area contributed by atoms with E-state index >= 15 is 0 Å². The molecule has 0 bridgehead atoms. The van der Waals surface area contributed by atoms with Crippen LogP contribution >= 0.6 is 0 Å². The quantitative estimate of drug-likeness (QED) is 0.558. The highest BCUT2D eigenvalue weighted by Crippen LogP contribution is 2.33. The molecule has 182 valence electrons. The molecule has 0 N–H and O–H groups in total. The molecule has 1 atom stereocenters. The van der Waals surface area contributed by atoms with E-state index < -0.39 is 26.1 Å². The summed E-state index contributed by atoms with van der Waals surface area (Å²) in [6.07, 6.45) is 1.38. The minimum atomic E-state index is -3.88. The van der Waals surface area contributed by atoms with Gasteiger partial charge in [-0.2, -0.15) is 8.61 Å². The molecule has 0 aliphatic carbocycles. The summed E-state index contributed by atoms with van der Waals surface area (Å²) in [5.41, 5.74) is 1.76. The Morgan fingerprint density at radius 1 is 0.818 bits per heavy atom. The van der Waals surface area contributed by atoms with Crippen LogP contribution in [0.5, 0.6) is 11.5 Å². The zero-order valence-electron chi connectivity index (χ0n) is 19.7. The highest BCUT2D eigenvalue weighted by atomic mass is 32.2. The molecule has 3 rings (SSSR count). The number of piperazine rings is 1. The van der Waals surface area contributed by atoms with Crippen LogP contribution in [-0.2, 0) is 32.9 Å². The van der Waals surface area contributed by atoms with E-state index in [1.165, 1.54) is 22.8 Å². The van der Waals surface area contributed by atoms with Gasteiger partial charge in [0.1, 0.15) is 21.3 Å². The summed E-state index contributed by atoms with van der Waals surface area (Å²) in [7, 11) is -4.88. The van der Waals surface area contributed by atoms with Gasteiger partial charge in [0.05, 0.1) is 14.2 Å². The van der Waals surface area contributed by atoms with Gasteiger partial charge in [-0.05, 0) is 55.2 Å². The fraction of sp³-hybridized carbons (Fsp3) is 0.478. The maximum absolute atomic E-state index is 13.5. The van der Waals surface area contributed by atoms with Crippen LogP contribution in [-0.4, -0.2) is 65.3 Å². The third-order valence-corrected chi connectivity index (χ3v) is 9.93. The van der Waals surface area contributed by atoms with Crippen molar-refractivity contribution in [2.24, 2.45) is 0 Å². The molecule has 10 heteroatoms. The second-order valence-corrected chi connectivity index (χ2v) is 11.8. The Morgan fingerprint density at radius 2 is 1.30 bits per heavy atom. The van der Waals surface area contributed by atoms with E-state index in [1.807, 2.05) is 26.0 Å². The number of sulfonamides is 2. The third-order valence-electron chi connectivity index (χ3n) is 6.01. The smallest absolute Gasteiger partial charge is 0.247 e. The van der Waals surface area contributed by atoms with E-state index in [2.05, 4.69) is 0 Å². The van der Waals surface area contributed by atoms with Gasteiger partial charge in [-0.25, -0.2) is 16.8 Å². The summed E-state index contributed by atoms with van der Waals surface area (Å²) in [5, 5.41) is 0. The standard InChI is InChI=1S/C23H32N2O6S2/c1-6-18-8-10-20(30-4)22(14-18)32(26,27)24-12-13-25(17(3)16-24)33(28,29)23-15-19(7-2)9-11-21(23)31-5/h8-11,14-15,17H,6-7,12-13,16H2,1-5H3. The Labute approximate surface area is 197 Å². The Bertz CT molecular complexity index is 1210. The highest BCUT2D eigenvalue weighted by Gasteiger charge is 2.40. The zero-order chi connectivity index (χ0) is 24.4. The molecule has 1 unspecified atom stereocenters. The summed E-state index contributed by atoms with van der Waals surface area (Å²) >= 11 is 0.